The lowest BCUT2D eigenvalue weighted by Gasteiger charge is -2.18. The minimum absolute atomic E-state index is 0.0810. The lowest BCUT2D eigenvalue weighted by molar-refractivity contribution is 0.544. The van der Waals surface area contributed by atoms with E-state index < -0.39 is 28.6 Å². The smallest absolute Gasteiger partial charge is 0.269 e. The van der Waals surface area contributed by atoms with E-state index in [1.54, 1.807) is 13.1 Å². The van der Waals surface area contributed by atoms with E-state index in [9.17, 15) is 18.0 Å². The maximum Gasteiger partial charge on any atom is 0.269 e. The van der Waals surface area contributed by atoms with E-state index in [-0.39, 0.29) is 22.9 Å². The van der Waals surface area contributed by atoms with Gasteiger partial charge in [-0.1, -0.05) is 11.6 Å². The molecule has 4 nitrogen and oxygen atoms in total. The fourth-order valence-corrected chi connectivity index (χ4v) is 3.05. The molecule has 0 bridgehead atoms. The summed E-state index contributed by atoms with van der Waals surface area (Å²) in [4.78, 5) is 12.3. The summed E-state index contributed by atoms with van der Waals surface area (Å²) in [7, 11) is 0. The first kappa shape index (κ1) is 17.8. The Morgan fingerprint density at radius 1 is 1.20 bits per heavy atom. The van der Waals surface area contributed by atoms with E-state index in [4.69, 9.17) is 11.6 Å². The van der Waals surface area contributed by atoms with Crippen LogP contribution >= 0.6 is 27.5 Å². The van der Waals surface area contributed by atoms with Gasteiger partial charge >= 0.3 is 0 Å². The summed E-state index contributed by atoms with van der Waals surface area (Å²) in [6.07, 6.45) is 3.01. The molecule has 0 atom stereocenters. The number of rotatable bonds is 3. The van der Waals surface area contributed by atoms with Gasteiger partial charge in [0.15, 0.2) is 0 Å². The number of nitrogens with zero attached hydrogens (tertiary/aromatic N) is 3. The van der Waals surface area contributed by atoms with Crippen LogP contribution < -0.4 is 5.56 Å². The lowest BCUT2D eigenvalue weighted by Crippen LogP contribution is -2.24. The molecule has 0 unspecified atom stereocenters. The molecule has 9 heteroatoms. The van der Waals surface area contributed by atoms with Gasteiger partial charge in [0, 0.05) is 24.9 Å². The van der Waals surface area contributed by atoms with Gasteiger partial charge in [0.2, 0.25) is 0 Å². The van der Waals surface area contributed by atoms with Crippen LogP contribution in [0.25, 0.3) is 16.9 Å². The SMILES string of the molecule is CCn1c(-c2c(F)cc(F)cc2F)c(-n2cc(Br)cn2)cc(Cl)c1=O. The van der Waals surface area contributed by atoms with E-state index in [1.807, 2.05) is 0 Å². The van der Waals surface area contributed by atoms with E-state index in [2.05, 4.69) is 21.0 Å². The largest absolute Gasteiger partial charge is 0.305 e. The van der Waals surface area contributed by atoms with Gasteiger partial charge in [0.1, 0.15) is 22.5 Å². The Labute approximate surface area is 153 Å². The predicted octanol–water partition coefficient (Wildman–Crippen LogP) is 4.55. The van der Waals surface area contributed by atoms with Gasteiger partial charge in [0.25, 0.3) is 5.56 Å². The van der Waals surface area contributed by atoms with E-state index in [0.29, 0.717) is 16.6 Å². The van der Waals surface area contributed by atoms with Crippen LogP contribution in [-0.4, -0.2) is 14.3 Å². The van der Waals surface area contributed by atoms with Crippen molar-refractivity contribution in [1.82, 2.24) is 14.3 Å². The van der Waals surface area contributed by atoms with Gasteiger partial charge in [-0.25, -0.2) is 17.9 Å². The van der Waals surface area contributed by atoms with Crippen LogP contribution in [0.2, 0.25) is 5.02 Å². The standard InChI is InChI=1S/C16H10BrClF3N3O/c1-2-23-15(14-11(20)3-9(19)4-12(14)21)13(5-10(18)16(23)25)24-7-8(17)6-22-24/h3-7H,2H2,1H3. The van der Waals surface area contributed by atoms with Crippen molar-refractivity contribution in [2.75, 3.05) is 0 Å². The number of hydrogen-bond acceptors (Lipinski definition) is 2. The van der Waals surface area contributed by atoms with E-state index in [1.165, 1.54) is 16.9 Å². The maximum atomic E-state index is 14.4. The second kappa shape index (κ2) is 6.68. The molecule has 0 spiro atoms. The van der Waals surface area contributed by atoms with Crippen LogP contribution in [-0.2, 0) is 6.54 Å². The minimum atomic E-state index is -1.13. The molecule has 2 aromatic heterocycles. The molecule has 0 aliphatic carbocycles. The molecular weight excluding hydrogens is 423 g/mol. The normalized spacial score (nSPS) is 11.1. The highest BCUT2D eigenvalue weighted by Crippen LogP contribution is 2.32. The Balaban J connectivity index is 2.47. The Kier molecular flexibility index (Phi) is 4.75. The molecule has 3 aromatic rings. The van der Waals surface area contributed by atoms with Crippen molar-refractivity contribution >= 4 is 27.5 Å². The number of pyridine rings is 1. The Morgan fingerprint density at radius 3 is 2.36 bits per heavy atom. The second-order valence-corrected chi connectivity index (χ2v) is 6.45. The zero-order chi connectivity index (χ0) is 18.3. The summed E-state index contributed by atoms with van der Waals surface area (Å²) in [5.74, 6) is -3.32. The third-order valence-corrected chi connectivity index (χ3v) is 4.26. The summed E-state index contributed by atoms with van der Waals surface area (Å²) in [5.41, 5.74) is -1.04. The molecule has 130 valence electrons. The molecule has 25 heavy (non-hydrogen) atoms. The fourth-order valence-electron chi connectivity index (χ4n) is 2.56. The maximum absolute atomic E-state index is 14.4. The number of halogens is 5. The van der Waals surface area contributed by atoms with Crippen molar-refractivity contribution in [3.8, 4) is 16.9 Å². The summed E-state index contributed by atoms with van der Waals surface area (Å²) in [6, 6.07) is 2.38. The number of hydrogen-bond donors (Lipinski definition) is 0. The zero-order valence-corrected chi connectivity index (χ0v) is 15.1. The van der Waals surface area contributed by atoms with Gasteiger partial charge in [0.05, 0.1) is 27.6 Å². The molecule has 1 aromatic carbocycles. The van der Waals surface area contributed by atoms with Crippen LogP contribution in [0.5, 0.6) is 0 Å². The van der Waals surface area contributed by atoms with Crippen molar-refractivity contribution in [1.29, 1.82) is 0 Å². The van der Waals surface area contributed by atoms with Crippen LogP contribution in [0.15, 0.2) is 39.9 Å². The monoisotopic (exact) mass is 431 g/mol. The number of benzene rings is 1. The molecular formula is C16H10BrClF3N3O. The fraction of sp³-hybridized carbons (Fsp3) is 0.125. The summed E-state index contributed by atoms with van der Waals surface area (Å²) >= 11 is 9.22. The van der Waals surface area contributed by atoms with Crippen LogP contribution in [0.3, 0.4) is 0 Å². The van der Waals surface area contributed by atoms with Crippen molar-refractivity contribution in [2.45, 2.75) is 13.5 Å². The molecule has 0 saturated carbocycles. The highest BCUT2D eigenvalue weighted by molar-refractivity contribution is 9.10. The average Bonchev–Trinajstić information content (AvgIpc) is 2.96. The Hall–Kier alpha value is -2.06. The highest BCUT2D eigenvalue weighted by Gasteiger charge is 2.23. The Bertz CT molecular complexity index is 1010. The van der Waals surface area contributed by atoms with Crippen LogP contribution in [0.4, 0.5) is 13.2 Å². The van der Waals surface area contributed by atoms with Gasteiger partial charge in [-0.05, 0) is 28.9 Å². The third kappa shape index (κ3) is 3.11. The predicted molar refractivity (Wildman–Crippen MR) is 91.5 cm³/mol. The van der Waals surface area contributed by atoms with Gasteiger partial charge in [-0.2, -0.15) is 5.10 Å². The highest BCUT2D eigenvalue weighted by atomic mass is 79.9. The molecule has 0 amide bonds. The molecule has 0 N–H and O–H groups in total. The summed E-state index contributed by atoms with van der Waals surface area (Å²) < 4.78 is 45.1. The molecule has 3 rings (SSSR count). The second-order valence-electron chi connectivity index (χ2n) is 5.12. The van der Waals surface area contributed by atoms with Crippen molar-refractivity contribution in [2.24, 2.45) is 0 Å². The van der Waals surface area contributed by atoms with E-state index in [0.717, 1.165) is 4.57 Å². The summed E-state index contributed by atoms with van der Waals surface area (Å²) in [5, 5.41) is 3.94. The molecule has 0 aliphatic heterocycles. The Morgan fingerprint density at radius 2 is 1.84 bits per heavy atom. The quantitative estimate of drug-likeness (QED) is 0.609. The average molecular weight is 433 g/mol. The molecule has 0 aliphatic rings. The van der Waals surface area contributed by atoms with Crippen molar-refractivity contribution < 1.29 is 13.2 Å². The van der Waals surface area contributed by atoms with Gasteiger partial charge in [-0.15, -0.1) is 0 Å². The first-order chi connectivity index (χ1) is 11.8. The first-order valence-corrected chi connectivity index (χ1v) is 8.29. The van der Waals surface area contributed by atoms with Crippen molar-refractivity contribution in [3.05, 3.63) is 67.9 Å². The molecule has 0 fully saturated rings. The lowest BCUT2D eigenvalue weighted by atomic mass is 10.1. The van der Waals surface area contributed by atoms with E-state index >= 15 is 0 Å². The zero-order valence-electron chi connectivity index (χ0n) is 12.7. The van der Waals surface area contributed by atoms with Crippen LogP contribution in [0.1, 0.15) is 6.92 Å². The van der Waals surface area contributed by atoms with Crippen LogP contribution in [0, 0.1) is 17.5 Å². The van der Waals surface area contributed by atoms with Gasteiger partial charge in [-0.3, -0.25) is 4.79 Å². The minimum Gasteiger partial charge on any atom is -0.305 e. The first-order valence-electron chi connectivity index (χ1n) is 7.12. The summed E-state index contributed by atoms with van der Waals surface area (Å²) in [6.45, 7) is 1.73. The number of aromatic nitrogens is 3. The topological polar surface area (TPSA) is 39.8 Å². The molecule has 2 heterocycles. The molecule has 0 saturated heterocycles. The third-order valence-electron chi connectivity index (χ3n) is 3.58. The van der Waals surface area contributed by atoms with Crippen molar-refractivity contribution in [3.63, 3.8) is 0 Å². The molecule has 0 radical (unpaired) electrons. The van der Waals surface area contributed by atoms with Gasteiger partial charge < -0.3 is 4.57 Å².